The predicted octanol–water partition coefficient (Wildman–Crippen LogP) is 2.70. The second kappa shape index (κ2) is 7.07. The molecule has 25 heavy (non-hydrogen) atoms. The highest BCUT2D eigenvalue weighted by molar-refractivity contribution is 5.90. The first-order valence-electron chi connectivity index (χ1n) is 8.81. The Kier molecular flexibility index (Phi) is 4.48. The zero-order chi connectivity index (χ0) is 17.1. The van der Waals surface area contributed by atoms with Gasteiger partial charge in [-0.1, -0.05) is 48.5 Å². The molecule has 128 valence electrons. The number of aromatic amines is 1. The average molecular weight is 334 g/mol. The molecule has 5 heteroatoms. The number of piperidine rings is 1. The van der Waals surface area contributed by atoms with Gasteiger partial charge in [-0.25, -0.2) is 5.10 Å². The molecule has 2 atom stereocenters. The molecular weight excluding hydrogens is 312 g/mol. The maximum atomic E-state index is 11.9. The van der Waals surface area contributed by atoms with Crippen LogP contribution in [-0.2, 0) is 6.42 Å². The quantitative estimate of drug-likeness (QED) is 0.686. The molecule has 0 aliphatic carbocycles. The van der Waals surface area contributed by atoms with Crippen LogP contribution < -0.4 is 16.2 Å². The first kappa shape index (κ1) is 15.8. The van der Waals surface area contributed by atoms with Gasteiger partial charge in [-0.2, -0.15) is 5.10 Å². The van der Waals surface area contributed by atoms with E-state index in [0.717, 1.165) is 37.0 Å². The molecule has 4 rings (SSSR count). The van der Waals surface area contributed by atoms with E-state index < -0.39 is 0 Å². The SMILES string of the molecule is O=c1[nH]nc(N[C@H]2CCN[C@H](Cc3ccccc3)C2)c2ccccc12. The van der Waals surface area contributed by atoms with Gasteiger partial charge in [0, 0.05) is 17.5 Å². The van der Waals surface area contributed by atoms with Crippen LogP contribution in [0.3, 0.4) is 0 Å². The third kappa shape index (κ3) is 3.56. The summed E-state index contributed by atoms with van der Waals surface area (Å²) >= 11 is 0. The minimum absolute atomic E-state index is 0.145. The third-order valence-electron chi connectivity index (χ3n) is 4.86. The number of nitrogens with one attached hydrogen (secondary N) is 3. The van der Waals surface area contributed by atoms with E-state index in [0.29, 0.717) is 17.5 Å². The third-order valence-corrected chi connectivity index (χ3v) is 4.86. The van der Waals surface area contributed by atoms with E-state index >= 15 is 0 Å². The molecule has 0 spiro atoms. The van der Waals surface area contributed by atoms with Gasteiger partial charge in [0.15, 0.2) is 5.82 Å². The van der Waals surface area contributed by atoms with Gasteiger partial charge in [0.2, 0.25) is 0 Å². The average Bonchev–Trinajstić information content (AvgIpc) is 2.65. The molecule has 0 amide bonds. The summed E-state index contributed by atoms with van der Waals surface area (Å²) < 4.78 is 0. The van der Waals surface area contributed by atoms with Gasteiger partial charge in [0.1, 0.15) is 0 Å². The second-order valence-electron chi connectivity index (χ2n) is 6.65. The Morgan fingerprint density at radius 3 is 2.64 bits per heavy atom. The highest BCUT2D eigenvalue weighted by Crippen LogP contribution is 2.21. The summed E-state index contributed by atoms with van der Waals surface area (Å²) in [5.41, 5.74) is 1.21. The lowest BCUT2D eigenvalue weighted by molar-refractivity contribution is 0.373. The van der Waals surface area contributed by atoms with Gasteiger partial charge >= 0.3 is 0 Å². The van der Waals surface area contributed by atoms with E-state index in [-0.39, 0.29) is 5.56 Å². The number of H-pyrrole nitrogens is 1. The monoisotopic (exact) mass is 334 g/mol. The van der Waals surface area contributed by atoms with E-state index in [2.05, 4.69) is 51.2 Å². The number of fused-ring (bicyclic) bond motifs is 1. The topological polar surface area (TPSA) is 69.8 Å². The Balaban J connectivity index is 1.49. The summed E-state index contributed by atoms with van der Waals surface area (Å²) in [6.07, 6.45) is 3.10. The molecule has 1 aliphatic rings. The van der Waals surface area contributed by atoms with Crippen molar-refractivity contribution in [1.29, 1.82) is 0 Å². The standard InChI is InChI=1S/C20H22N4O/c25-20-18-9-5-4-8-17(18)19(23-24-20)22-15-10-11-21-16(13-15)12-14-6-2-1-3-7-14/h1-9,15-16,21H,10-13H2,(H,22,23)(H,24,25)/t15-,16+/m0/s1. The van der Waals surface area contributed by atoms with Crippen molar-refractivity contribution in [3.05, 3.63) is 70.5 Å². The fourth-order valence-corrected chi connectivity index (χ4v) is 3.61. The summed E-state index contributed by atoms with van der Waals surface area (Å²) in [5, 5.41) is 15.6. The molecule has 5 nitrogen and oxygen atoms in total. The number of hydrogen-bond acceptors (Lipinski definition) is 4. The Bertz CT molecular complexity index is 906. The largest absolute Gasteiger partial charge is 0.365 e. The van der Waals surface area contributed by atoms with Gasteiger partial charge in [-0.15, -0.1) is 0 Å². The van der Waals surface area contributed by atoms with Crippen molar-refractivity contribution in [2.75, 3.05) is 11.9 Å². The van der Waals surface area contributed by atoms with E-state index in [1.807, 2.05) is 24.3 Å². The molecule has 0 radical (unpaired) electrons. The Morgan fingerprint density at radius 2 is 1.80 bits per heavy atom. The molecular formula is C20H22N4O. The van der Waals surface area contributed by atoms with Crippen molar-refractivity contribution in [2.24, 2.45) is 0 Å². The number of aromatic nitrogens is 2. The van der Waals surface area contributed by atoms with E-state index in [4.69, 9.17) is 0 Å². The molecule has 1 aliphatic heterocycles. The molecule has 1 fully saturated rings. The van der Waals surface area contributed by atoms with Gasteiger partial charge in [-0.3, -0.25) is 4.79 Å². The highest BCUT2D eigenvalue weighted by atomic mass is 16.1. The summed E-state index contributed by atoms with van der Waals surface area (Å²) in [5.74, 6) is 0.764. The van der Waals surface area contributed by atoms with Crippen molar-refractivity contribution in [1.82, 2.24) is 15.5 Å². The fourth-order valence-electron chi connectivity index (χ4n) is 3.61. The summed E-state index contributed by atoms with van der Waals surface area (Å²) in [4.78, 5) is 11.9. The zero-order valence-corrected chi connectivity index (χ0v) is 14.0. The lowest BCUT2D eigenvalue weighted by Crippen LogP contribution is -2.44. The minimum Gasteiger partial charge on any atom is -0.365 e. The Labute approximate surface area is 146 Å². The molecule has 3 aromatic rings. The van der Waals surface area contributed by atoms with Gasteiger partial charge in [0.05, 0.1) is 5.39 Å². The molecule has 0 bridgehead atoms. The number of benzene rings is 2. The zero-order valence-electron chi connectivity index (χ0n) is 14.0. The van der Waals surface area contributed by atoms with Gasteiger partial charge < -0.3 is 10.6 Å². The van der Waals surface area contributed by atoms with Crippen LogP contribution in [0.25, 0.3) is 10.8 Å². The number of nitrogens with zero attached hydrogens (tertiary/aromatic N) is 1. The predicted molar refractivity (Wildman–Crippen MR) is 101 cm³/mol. The van der Waals surface area contributed by atoms with Crippen LogP contribution >= 0.6 is 0 Å². The molecule has 1 aromatic heterocycles. The van der Waals surface area contributed by atoms with Crippen molar-refractivity contribution in [3.63, 3.8) is 0 Å². The maximum Gasteiger partial charge on any atom is 0.272 e. The molecule has 0 saturated carbocycles. The van der Waals surface area contributed by atoms with Crippen LogP contribution in [0, 0.1) is 0 Å². The Morgan fingerprint density at radius 1 is 1.04 bits per heavy atom. The molecule has 3 N–H and O–H groups in total. The molecule has 2 heterocycles. The lowest BCUT2D eigenvalue weighted by Gasteiger charge is -2.31. The summed E-state index contributed by atoms with van der Waals surface area (Å²) in [7, 11) is 0. The van der Waals surface area contributed by atoms with Crippen LogP contribution in [0.4, 0.5) is 5.82 Å². The van der Waals surface area contributed by atoms with Crippen molar-refractivity contribution >= 4 is 16.6 Å². The molecule has 1 saturated heterocycles. The highest BCUT2D eigenvalue weighted by Gasteiger charge is 2.22. The lowest BCUT2D eigenvalue weighted by atomic mass is 9.94. The van der Waals surface area contributed by atoms with E-state index in [9.17, 15) is 4.79 Å². The van der Waals surface area contributed by atoms with Crippen molar-refractivity contribution < 1.29 is 0 Å². The first-order chi connectivity index (χ1) is 12.3. The van der Waals surface area contributed by atoms with E-state index in [1.165, 1.54) is 5.56 Å². The maximum absolute atomic E-state index is 11.9. The summed E-state index contributed by atoms with van der Waals surface area (Å²) in [6, 6.07) is 19.0. The summed E-state index contributed by atoms with van der Waals surface area (Å²) in [6.45, 7) is 0.983. The van der Waals surface area contributed by atoms with Crippen LogP contribution in [0.1, 0.15) is 18.4 Å². The smallest absolute Gasteiger partial charge is 0.272 e. The van der Waals surface area contributed by atoms with E-state index in [1.54, 1.807) is 0 Å². The normalized spacial score (nSPS) is 20.5. The number of anilines is 1. The van der Waals surface area contributed by atoms with Crippen molar-refractivity contribution in [3.8, 4) is 0 Å². The molecule has 2 aromatic carbocycles. The Hall–Kier alpha value is -2.66. The number of hydrogen-bond donors (Lipinski definition) is 3. The fraction of sp³-hybridized carbons (Fsp3) is 0.300. The second-order valence-corrected chi connectivity index (χ2v) is 6.65. The number of rotatable bonds is 4. The molecule has 0 unspecified atom stereocenters. The van der Waals surface area contributed by atoms with Crippen LogP contribution in [0.2, 0.25) is 0 Å². The van der Waals surface area contributed by atoms with Crippen LogP contribution in [0.5, 0.6) is 0 Å². The van der Waals surface area contributed by atoms with Crippen LogP contribution in [0.15, 0.2) is 59.4 Å². The first-order valence-corrected chi connectivity index (χ1v) is 8.81. The van der Waals surface area contributed by atoms with Gasteiger partial charge in [-0.05, 0) is 37.4 Å². The minimum atomic E-state index is -0.145. The van der Waals surface area contributed by atoms with Crippen LogP contribution in [-0.4, -0.2) is 28.8 Å². The van der Waals surface area contributed by atoms with Gasteiger partial charge in [0.25, 0.3) is 5.56 Å². The van der Waals surface area contributed by atoms with Crippen molar-refractivity contribution in [2.45, 2.75) is 31.3 Å².